The van der Waals surface area contributed by atoms with E-state index in [0.717, 1.165) is 8.58 Å². The number of amides is 3. The minimum Gasteiger partial charge on any atom is -0.443 e. The van der Waals surface area contributed by atoms with E-state index in [1.54, 1.807) is 69.3 Å². The number of hydrogen-bond acceptors (Lipinski definition) is 5. The normalized spacial score (nSPS) is 10.7. The minimum absolute atomic E-state index is 0.243. The zero-order valence-electron chi connectivity index (χ0n) is 17.5. The summed E-state index contributed by atoms with van der Waals surface area (Å²) in [5.41, 5.74) is 3.08. The smallest absolute Gasteiger partial charge is 0.427 e. The first-order chi connectivity index (χ1) is 14.6. The van der Waals surface area contributed by atoms with Crippen molar-refractivity contribution in [2.75, 3.05) is 5.01 Å². The molecule has 0 fully saturated rings. The van der Waals surface area contributed by atoms with Crippen LogP contribution < -0.4 is 15.8 Å². The molecule has 0 aliphatic carbocycles. The molecular formula is C22H24IN3O5. The fourth-order valence-corrected chi connectivity index (χ4v) is 2.94. The van der Waals surface area contributed by atoms with Crippen LogP contribution in [0.5, 0.6) is 0 Å². The van der Waals surface area contributed by atoms with Crippen molar-refractivity contribution in [3.05, 3.63) is 63.2 Å². The standard InChI is InChI=1S/C22H24IN3O5/c1-22(2,3)31-21(30)25-26(18-6-4-5-15(11-18)13-24-14-27)20(29)12-19(28)16-7-9-17(23)10-8-16/h4-11,14H,12-13H2,1-3H3,(H,24,27)(H,25,30). The Morgan fingerprint density at radius 2 is 1.77 bits per heavy atom. The molecule has 2 aromatic carbocycles. The molecule has 0 saturated carbocycles. The van der Waals surface area contributed by atoms with Gasteiger partial charge in [-0.3, -0.25) is 14.4 Å². The van der Waals surface area contributed by atoms with Crippen LogP contribution >= 0.6 is 22.6 Å². The van der Waals surface area contributed by atoms with Gasteiger partial charge in [0.1, 0.15) is 5.60 Å². The van der Waals surface area contributed by atoms with Crippen LogP contribution in [-0.2, 0) is 20.9 Å². The van der Waals surface area contributed by atoms with Gasteiger partial charge in [0, 0.05) is 15.7 Å². The van der Waals surface area contributed by atoms with Crippen molar-refractivity contribution in [3.63, 3.8) is 0 Å². The molecule has 164 valence electrons. The Bertz CT molecular complexity index is 954. The third kappa shape index (κ3) is 8.00. The van der Waals surface area contributed by atoms with Gasteiger partial charge in [-0.2, -0.15) is 0 Å². The Morgan fingerprint density at radius 3 is 2.39 bits per heavy atom. The molecule has 0 spiro atoms. The summed E-state index contributed by atoms with van der Waals surface area (Å²) in [6.07, 6.45) is -0.722. The number of hydrazine groups is 1. The summed E-state index contributed by atoms with van der Waals surface area (Å²) in [5, 5.41) is 3.53. The Kier molecular flexibility index (Phi) is 8.55. The van der Waals surface area contributed by atoms with Crippen molar-refractivity contribution in [2.45, 2.75) is 39.3 Å². The molecule has 0 bridgehead atoms. The second-order valence-corrected chi connectivity index (χ2v) is 8.86. The van der Waals surface area contributed by atoms with E-state index in [1.807, 2.05) is 0 Å². The van der Waals surface area contributed by atoms with E-state index in [9.17, 15) is 19.2 Å². The highest BCUT2D eigenvalue weighted by molar-refractivity contribution is 14.1. The maximum atomic E-state index is 13.0. The number of Topliss-reactive ketones (excluding diaryl/α,β-unsaturated/α-hetero) is 1. The molecule has 31 heavy (non-hydrogen) atoms. The first-order valence-electron chi connectivity index (χ1n) is 9.46. The van der Waals surface area contributed by atoms with Gasteiger partial charge in [0.25, 0.3) is 5.91 Å². The predicted molar refractivity (Wildman–Crippen MR) is 124 cm³/mol. The molecule has 0 aliphatic heterocycles. The van der Waals surface area contributed by atoms with Crippen LogP contribution in [-0.4, -0.2) is 29.8 Å². The lowest BCUT2D eigenvalue weighted by atomic mass is 10.1. The number of hydrogen-bond donors (Lipinski definition) is 2. The van der Waals surface area contributed by atoms with Gasteiger partial charge in [-0.1, -0.05) is 24.3 Å². The zero-order valence-corrected chi connectivity index (χ0v) is 19.6. The largest absolute Gasteiger partial charge is 0.443 e. The lowest BCUT2D eigenvalue weighted by Crippen LogP contribution is -2.49. The van der Waals surface area contributed by atoms with Crippen LogP contribution in [0, 0.1) is 3.57 Å². The van der Waals surface area contributed by atoms with Gasteiger partial charge in [-0.15, -0.1) is 0 Å². The average Bonchev–Trinajstić information content (AvgIpc) is 2.69. The van der Waals surface area contributed by atoms with Crippen LogP contribution in [0.4, 0.5) is 10.5 Å². The fraction of sp³-hybridized carbons (Fsp3) is 0.273. The highest BCUT2D eigenvalue weighted by Crippen LogP contribution is 2.18. The lowest BCUT2D eigenvalue weighted by molar-refractivity contribution is -0.118. The molecule has 0 radical (unpaired) electrons. The summed E-state index contributed by atoms with van der Waals surface area (Å²) >= 11 is 2.12. The molecule has 0 atom stereocenters. The topological polar surface area (TPSA) is 105 Å². The van der Waals surface area contributed by atoms with Crippen molar-refractivity contribution >= 4 is 52.5 Å². The first kappa shape index (κ1) is 24.3. The number of halogens is 1. The van der Waals surface area contributed by atoms with Gasteiger partial charge >= 0.3 is 6.09 Å². The molecule has 2 aromatic rings. The SMILES string of the molecule is CC(C)(C)OC(=O)NN(C(=O)CC(=O)c1ccc(I)cc1)c1cccc(CNC=O)c1. The summed E-state index contributed by atoms with van der Waals surface area (Å²) in [6, 6.07) is 13.5. The summed E-state index contributed by atoms with van der Waals surface area (Å²) < 4.78 is 6.22. The maximum absolute atomic E-state index is 13.0. The number of benzene rings is 2. The number of rotatable bonds is 7. The Labute approximate surface area is 194 Å². The molecule has 9 heteroatoms. The van der Waals surface area contributed by atoms with Crippen LogP contribution in [0.15, 0.2) is 48.5 Å². The summed E-state index contributed by atoms with van der Waals surface area (Å²) in [4.78, 5) is 48.5. The molecule has 0 aromatic heterocycles. The first-order valence-corrected chi connectivity index (χ1v) is 10.5. The van der Waals surface area contributed by atoms with Gasteiger partial charge < -0.3 is 10.1 Å². The number of carbonyl (C=O) groups is 4. The third-order valence-electron chi connectivity index (χ3n) is 3.89. The molecule has 3 amide bonds. The van der Waals surface area contributed by atoms with Crippen LogP contribution in [0.2, 0.25) is 0 Å². The van der Waals surface area contributed by atoms with E-state index in [1.165, 1.54) is 0 Å². The Balaban J connectivity index is 2.26. The summed E-state index contributed by atoms with van der Waals surface area (Å²) in [5.74, 6) is -1.01. The number of carbonyl (C=O) groups excluding carboxylic acids is 4. The maximum Gasteiger partial charge on any atom is 0.427 e. The van der Waals surface area contributed by atoms with E-state index in [0.29, 0.717) is 23.2 Å². The second-order valence-electron chi connectivity index (χ2n) is 7.62. The lowest BCUT2D eigenvalue weighted by Gasteiger charge is -2.26. The quantitative estimate of drug-likeness (QED) is 0.185. The highest BCUT2D eigenvalue weighted by atomic mass is 127. The van der Waals surface area contributed by atoms with E-state index < -0.39 is 24.0 Å². The van der Waals surface area contributed by atoms with E-state index in [2.05, 4.69) is 33.3 Å². The third-order valence-corrected chi connectivity index (χ3v) is 4.61. The molecule has 2 rings (SSSR count). The fourth-order valence-electron chi connectivity index (χ4n) is 2.58. The number of ketones is 1. The van der Waals surface area contributed by atoms with Gasteiger partial charge in [0.2, 0.25) is 6.41 Å². The van der Waals surface area contributed by atoms with Gasteiger partial charge in [0.05, 0.1) is 12.1 Å². The molecule has 0 aliphatic rings. The van der Waals surface area contributed by atoms with Crippen molar-refractivity contribution in [1.82, 2.24) is 10.7 Å². The van der Waals surface area contributed by atoms with E-state index in [-0.39, 0.29) is 12.3 Å². The molecular weight excluding hydrogens is 513 g/mol. The van der Waals surface area contributed by atoms with E-state index >= 15 is 0 Å². The molecule has 8 nitrogen and oxygen atoms in total. The molecule has 0 heterocycles. The minimum atomic E-state index is -0.834. The second kappa shape index (κ2) is 10.9. The molecule has 0 unspecified atom stereocenters. The summed E-state index contributed by atoms with van der Waals surface area (Å²) in [6.45, 7) is 5.34. The van der Waals surface area contributed by atoms with Gasteiger partial charge in [0.15, 0.2) is 5.78 Å². The number of ether oxygens (including phenoxy) is 1. The van der Waals surface area contributed by atoms with Crippen LogP contribution in [0.1, 0.15) is 43.1 Å². The predicted octanol–water partition coefficient (Wildman–Crippen LogP) is 3.58. The van der Waals surface area contributed by atoms with Gasteiger partial charge in [-0.05, 0) is 73.2 Å². The number of nitrogens with zero attached hydrogens (tertiary/aromatic N) is 1. The van der Waals surface area contributed by atoms with Gasteiger partial charge in [-0.25, -0.2) is 15.2 Å². The number of nitrogens with one attached hydrogen (secondary N) is 2. The number of anilines is 1. The monoisotopic (exact) mass is 537 g/mol. The molecule has 0 saturated heterocycles. The average molecular weight is 537 g/mol. The molecule has 2 N–H and O–H groups in total. The van der Waals surface area contributed by atoms with Crippen molar-refractivity contribution in [3.8, 4) is 0 Å². The van der Waals surface area contributed by atoms with Crippen LogP contribution in [0.3, 0.4) is 0 Å². The Morgan fingerprint density at radius 1 is 1.10 bits per heavy atom. The van der Waals surface area contributed by atoms with E-state index in [4.69, 9.17) is 4.74 Å². The van der Waals surface area contributed by atoms with Crippen LogP contribution in [0.25, 0.3) is 0 Å². The van der Waals surface area contributed by atoms with Crippen molar-refractivity contribution < 1.29 is 23.9 Å². The Hall–Kier alpha value is -2.95. The highest BCUT2D eigenvalue weighted by Gasteiger charge is 2.25. The summed E-state index contributed by atoms with van der Waals surface area (Å²) in [7, 11) is 0. The van der Waals surface area contributed by atoms with Crippen molar-refractivity contribution in [1.29, 1.82) is 0 Å². The van der Waals surface area contributed by atoms with Crippen molar-refractivity contribution in [2.24, 2.45) is 0 Å². The zero-order chi connectivity index (χ0) is 23.0.